The second-order valence-electron chi connectivity index (χ2n) is 10.9. The second kappa shape index (κ2) is 13.2. The summed E-state index contributed by atoms with van der Waals surface area (Å²) in [5, 5.41) is 8.80. The Morgan fingerprint density at radius 3 is 2.25 bits per heavy atom. The van der Waals surface area contributed by atoms with Crippen molar-refractivity contribution in [1.82, 2.24) is 15.1 Å². The van der Waals surface area contributed by atoms with Gasteiger partial charge in [-0.3, -0.25) is 9.59 Å². The number of thiophene rings is 1. The Labute approximate surface area is 265 Å². The van der Waals surface area contributed by atoms with Crippen LogP contribution in [0, 0.1) is 5.92 Å². The summed E-state index contributed by atoms with van der Waals surface area (Å²) in [6.45, 7) is 2.33. The number of piperazine rings is 1. The average molecular weight is 629 g/mol. The summed E-state index contributed by atoms with van der Waals surface area (Å²) >= 11 is 7.78. The Hall–Kier alpha value is -4.18. The third-order valence-corrected chi connectivity index (χ3v) is 9.57. The molecule has 6 rings (SSSR count). The number of urea groups is 1. The summed E-state index contributed by atoms with van der Waals surface area (Å²) in [4.78, 5) is 48.0. The van der Waals surface area contributed by atoms with Crippen molar-refractivity contribution in [3.05, 3.63) is 117 Å². The van der Waals surface area contributed by atoms with E-state index in [0.717, 1.165) is 10.4 Å². The van der Waals surface area contributed by atoms with Gasteiger partial charge in [0.1, 0.15) is 11.8 Å². The van der Waals surface area contributed by atoms with Crippen LogP contribution in [-0.4, -0.2) is 66.9 Å². The Kier molecular flexibility index (Phi) is 8.97. The van der Waals surface area contributed by atoms with Crippen LogP contribution >= 0.6 is 22.9 Å². The van der Waals surface area contributed by atoms with E-state index in [4.69, 9.17) is 16.3 Å². The van der Waals surface area contributed by atoms with Crippen molar-refractivity contribution < 1.29 is 19.1 Å². The van der Waals surface area contributed by atoms with Gasteiger partial charge in [-0.1, -0.05) is 60.1 Å². The summed E-state index contributed by atoms with van der Waals surface area (Å²) < 4.78 is 5.29. The number of methoxy groups -OCH3 is 1. The number of hydrogen-bond acceptors (Lipinski definition) is 6. The molecule has 2 aliphatic rings. The molecular formula is C34H33ClN4O4S. The minimum absolute atomic E-state index is 0.123. The van der Waals surface area contributed by atoms with Crippen molar-refractivity contribution in [2.24, 2.45) is 5.92 Å². The van der Waals surface area contributed by atoms with Crippen LogP contribution in [0.5, 0.6) is 5.75 Å². The van der Waals surface area contributed by atoms with Crippen LogP contribution in [0.3, 0.4) is 0 Å². The lowest BCUT2D eigenvalue weighted by Gasteiger charge is -2.36. The molecule has 226 valence electrons. The highest BCUT2D eigenvalue weighted by atomic mass is 35.5. The minimum Gasteiger partial charge on any atom is -0.497 e. The summed E-state index contributed by atoms with van der Waals surface area (Å²) in [5.41, 5.74) is 1.86. The zero-order valence-corrected chi connectivity index (χ0v) is 25.8. The van der Waals surface area contributed by atoms with E-state index in [0.29, 0.717) is 48.2 Å². The molecule has 0 bridgehead atoms. The topological polar surface area (TPSA) is 91.0 Å². The number of hydrogen-bond donors (Lipinski definition) is 2. The highest BCUT2D eigenvalue weighted by Gasteiger charge is 2.58. The highest BCUT2D eigenvalue weighted by molar-refractivity contribution is 7.10. The first-order valence-electron chi connectivity index (χ1n) is 14.6. The summed E-state index contributed by atoms with van der Waals surface area (Å²) in [5.74, 6) is -1.02. The lowest BCUT2D eigenvalue weighted by atomic mass is 9.77. The Morgan fingerprint density at radius 2 is 1.61 bits per heavy atom. The molecule has 0 radical (unpaired) electrons. The van der Waals surface area contributed by atoms with E-state index >= 15 is 0 Å². The molecule has 3 aromatic carbocycles. The van der Waals surface area contributed by atoms with Crippen molar-refractivity contribution in [2.45, 2.75) is 18.0 Å². The molecule has 2 saturated heterocycles. The van der Waals surface area contributed by atoms with Gasteiger partial charge in [-0.15, -0.1) is 11.3 Å². The van der Waals surface area contributed by atoms with Gasteiger partial charge in [-0.2, -0.15) is 0 Å². The molecule has 2 aliphatic heterocycles. The smallest absolute Gasteiger partial charge is 0.323 e. The Morgan fingerprint density at radius 1 is 0.909 bits per heavy atom. The van der Waals surface area contributed by atoms with Crippen LogP contribution in [0.4, 0.5) is 10.5 Å². The van der Waals surface area contributed by atoms with E-state index in [9.17, 15) is 14.4 Å². The van der Waals surface area contributed by atoms with Gasteiger partial charge < -0.3 is 25.2 Å². The number of carbonyl (C=O) groups excluding carboxylic acids is 3. The van der Waals surface area contributed by atoms with Gasteiger partial charge >= 0.3 is 6.03 Å². The highest BCUT2D eigenvalue weighted by Crippen LogP contribution is 2.52. The van der Waals surface area contributed by atoms with Crippen LogP contribution in [0.25, 0.3) is 0 Å². The number of benzene rings is 3. The average Bonchev–Trinajstić information content (AvgIpc) is 3.72. The van der Waals surface area contributed by atoms with Gasteiger partial charge in [0.2, 0.25) is 5.91 Å². The summed E-state index contributed by atoms with van der Waals surface area (Å²) in [7, 11) is 1.58. The normalized spacial score (nSPS) is 21.6. The maximum absolute atomic E-state index is 14.6. The number of rotatable bonds is 7. The van der Waals surface area contributed by atoms with Crippen LogP contribution in [0.2, 0.25) is 5.02 Å². The van der Waals surface area contributed by atoms with Gasteiger partial charge in [-0.05, 0) is 53.4 Å². The number of halogens is 1. The van der Waals surface area contributed by atoms with E-state index < -0.39 is 30.0 Å². The molecule has 3 heterocycles. The van der Waals surface area contributed by atoms with E-state index in [-0.39, 0.29) is 11.7 Å². The fourth-order valence-corrected chi connectivity index (χ4v) is 7.32. The van der Waals surface area contributed by atoms with Crippen LogP contribution in [0.15, 0.2) is 96.4 Å². The maximum Gasteiger partial charge on any atom is 0.323 e. The van der Waals surface area contributed by atoms with Crippen molar-refractivity contribution in [3.8, 4) is 5.75 Å². The molecule has 2 N–H and O–H groups in total. The van der Waals surface area contributed by atoms with E-state index in [1.165, 1.54) is 11.3 Å². The molecular weight excluding hydrogens is 596 g/mol. The zero-order chi connectivity index (χ0) is 30.6. The number of amides is 3. The third kappa shape index (κ3) is 5.95. The standard InChI is InChI=1S/C34H33ClN4O4S/c1-43-26-15-13-25(14-16-26)37-34(42)39-30(27-8-5-21-44-27)29(32(40)23-6-3-2-4-7-23)28(22-9-11-24(35)12-10-22)31(39)33(41)38-19-17-36-18-20-38/h2-16,21,28-31,36H,17-20H2,1H3,(H,37,42). The number of carbonyl (C=O) groups is 3. The van der Waals surface area contributed by atoms with E-state index in [1.54, 1.807) is 65.4 Å². The van der Waals surface area contributed by atoms with Crippen LogP contribution in [0.1, 0.15) is 32.8 Å². The number of ketones is 1. The second-order valence-corrected chi connectivity index (χ2v) is 12.3. The maximum atomic E-state index is 14.6. The minimum atomic E-state index is -0.947. The van der Waals surface area contributed by atoms with Crippen molar-refractivity contribution in [2.75, 3.05) is 38.6 Å². The molecule has 4 unspecified atom stereocenters. The first-order chi connectivity index (χ1) is 21.5. The molecule has 8 nitrogen and oxygen atoms in total. The van der Waals surface area contributed by atoms with Crippen LogP contribution in [-0.2, 0) is 4.79 Å². The molecule has 44 heavy (non-hydrogen) atoms. The molecule has 10 heteroatoms. The first-order valence-corrected chi connectivity index (χ1v) is 15.8. The van der Waals surface area contributed by atoms with Crippen LogP contribution < -0.4 is 15.4 Å². The van der Waals surface area contributed by atoms with Crippen molar-refractivity contribution in [1.29, 1.82) is 0 Å². The largest absolute Gasteiger partial charge is 0.497 e. The van der Waals surface area contributed by atoms with Crippen molar-refractivity contribution >= 4 is 46.3 Å². The molecule has 2 fully saturated rings. The van der Waals surface area contributed by atoms with Gasteiger partial charge in [0.25, 0.3) is 0 Å². The van der Waals surface area contributed by atoms with Crippen molar-refractivity contribution in [3.63, 3.8) is 0 Å². The summed E-state index contributed by atoms with van der Waals surface area (Å²) in [6, 6.07) is 25.2. The SMILES string of the molecule is COc1ccc(NC(=O)N2C(C(=O)N3CCNCC3)C(c3ccc(Cl)cc3)C(C(=O)c3ccccc3)C2c2cccs2)cc1. The number of anilines is 1. The van der Waals surface area contributed by atoms with Gasteiger partial charge in [0.15, 0.2) is 5.78 Å². The zero-order valence-electron chi connectivity index (χ0n) is 24.2. The Balaban J connectivity index is 1.53. The molecule has 0 spiro atoms. The number of nitrogens with one attached hydrogen (secondary N) is 2. The molecule has 0 saturated carbocycles. The molecule has 3 amide bonds. The monoisotopic (exact) mass is 628 g/mol. The van der Waals surface area contributed by atoms with Gasteiger partial charge in [0, 0.05) is 53.2 Å². The van der Waals surface area contributed by atoms with Gasteiger partial charge in [0.05, 0.1) is 19.1 Å². The predicted molar refractivity (Wildman–Crippen MR) is 173 cm³/mol. The molecule has 4 atom stereocenters. The summed E-state index contributed by atoms with van der Waals surface area (Å²) in [6.07, 6.45) is 0. The molecule has 4 aromatic rings. The number of nitrogens with zero attached hydrogens (tertiary/aromatic N) is 2. The fraction of sp³-hybridized carbons (Fsp3) is 0.265. The predicted octanol–water partition coefficient (Wildman–Crippen LogP) is 6.08. The Bertz CT molecular complexity index is 1590. The first kappa shape index (κ1) is 29.9. The number of Topliss-reactive ketones (excluding diaryl/α,β-unsaturated/α-hetero) is 1. The number of ether oxygens (including phenoxy) is 1. The lowest BCUT2D eigenvalue weighted by molar-refractivity contribution is -0.136. The third-order valence-electron chi connectivity index (χ3n) is 8.37. The fourth-order valence-electron chi connectivity index (χ4n) is 6.32. The van der Waals surface area contributed by atoms with Gasteiger partial charge in [-0.25, -0.2) is 4.79 Å². The molecule has 0 aliphatic carbocycles. The molecule has 1 aromatic heterocycles. The number of likely N-dealkylation sites (tertiary alicyclic amines) is 1. The van der Waals surface area contributed by atoms with E-state index in [2.05, 4.69) is 10.6 Å². The lowest BCUT2D eigenvalue weighted by Crippen LogP contribution is -2.55. The van der Waals surface area contributed by atoms with E-state index in [1.807, 2.05) is 47.8 Å². The quantitative estimate of drug-likeness (QED) is 0.242.